The molecule has 1 aliphatic carbocycles. The second-order valence-corrected chi connectivity index (χ2v) is 7.79. The van der Waals surface area contributed by atoms with Gasteiger partial charge in [-0.05, 0) is 30.9 Å². The molecule has 0 bridgehead atoms. The molecule has 1 fully saturated rings. The van der Waals surface area contributed by atoms with Gasteiger partial charge in [-0.2, -0.15) is 0 Å². The lowest BCUT2D eigenvalue weighted by atomic mass is 9.95. The van der Waals surface area contributed by atoms with Gasteiger partial charge in [0.15, 0.2) is 0 Å². The van der Waals surface area contributed by atoms with Gasteiger partial charge < -0.3 is 0 Å². The molecule has 0 N–H and O–H groups in total. The Morgan fingerprint density at radius 2 is 1.50 bits per heavy atom. The molecule has 2 aromatic rings. The molecule has 0 unspecified atom stereocenters. The van der Waals surface area contributed by atoms with E-state index in [0.717, 1.165) is 16.6 Å². The summed E-state index contributed by atoms with van der Waals surface area (Å²) in [5.74, 6) is 0.684. The van der Waals surface area contributed by atoms with Crippen molar-refractivity contribution in [2.75, 3.05) is 0 Å². The van der Waals surface area contributed by atoms with Crippen LogP contribution in [0.25, 0.3) is 10.1 Å². The largest absolute Gasteiger partial charge is 0.268 e. The zero-order valence-electron chi connectivity index (χ0n) is 13.4. The topological polar surface area (TPSA) is 22.0 Å². The Morgan fingerprint density at radius 1 is 0.909 bits per heavy atom. The van der Waals surface area contributed by atoms with Crippen molar-refractivity contribution in [1.82, 2.24) is 3.96 Å². The van der Waals surface area contributed by atoms with Crippen molar-refractivity contribution >= 4 is 21.6 Å². The van der Waals surface area contributed by atoms with Crippen LogP contribution in [0, 0.1) is 5.92 Å². The molecule has 3 heteroatoms. The highest BCUT2D eigenvalue weighted by Gasteiger charge is 2.14. The normalized spacial score (nSPS) is 19.1. The molecule has 1 heterocycles. The van der Waals surface area contributed by atoms with Gasteiger partial charge in [-0.1, -0.05) is 75.0 Å². The van der Waals surface area contributed by atoms with Crippen molar-refractivity contribution in [2.45, 2.75) is 70.8 Å². The average Bonchev–Trinajstić information content (AvgIpc) is 2.81. The maximum Gasteiger partial charge on any atom is 0.268 e. The van der Waals surface area contributed by atoms with E-state index in [1.807, 2.05) is 22.2 Å². The number of benzene rings is 1. The van der Waals surface area contributed by atoms with Crippen LogP contribution in [0.3, 0.4) is 0 Å². The van der Waals surface area contributed by atoms with Crippen LogP contribution in [0.2, 0.25) is 0 Å². The molecule has 0 radical (unpaired) electrons. The first kappa shape index (κ1) is 15.8. The summed E-state index contributed by atoms with van der Waals surface area (Å²) in [4.78, 5) is 12.5. The van der Waals surface area contributed by atoms with Crippen LogP contribution in [0.5, 0.6) is 0 Å². The molecule has 0 aliphatic heterocycles. The lowest BCUT2D eigenvalue weighted by Gasteiger charge is -2.16. The Morgan fingerprint density at radius 3 is 2.14 bits per heavy atom. The maximum absolute atomic E-state index is 12.5. The summed E-state index contributed by atoms with van der Waals surface area (Å²) in [5.41, 5.74) is 0.218. The van der Waals surface area contributed by atoms with Gasteiger partial charge >= 0.3 is 0 Å². The number of nitrogens with zero attached hydrogens (tertiary/aromatic N) is 1. The second-order valence-electron chi connectivity index (χ2n) is 6.73. The number of rotatable bonds is 2. The van der Waals surface area contributed by atoms with Crippen LogP contribution in [0.15, 0.2) is 29.1 Å². The smallest absolute Gasteiger partial charge is 0.268 e. The Labute approximate surface area is 137 Å². The summed E-state index contributed by atoms with van der Waals surface area (Å²) >= 11 is 1.65. The third kappa shape index (κ3) is 4.01. The first-order valence-electron chi connectivity index (χ1n) is 8.93. The van der Waals surface area contributed by atoms with E-state index in [9.17, 15) is 4.79 Å². The fourth-order valence-corrected chi connectivity index (χ4v) is 4.72. The van der Waals surface area contributed by atoms with Gasteiger partial charge in [-0.25, -0.2) is 0 Å². The van der Waals surface area contributed by atoms with Gasteiger partial charge in [-0.15, -0.1) is 0 Å². The van der Waals surface area contributed by atoms with Gasteiger partial charge in [0, 0.05) is 6.54 Å². The van der Waals surface area contributed by atoms with Crippen molar-refractivity contribution in [2.24, 2.45) is 5.92 Å². The molecule has 0 atom stereocenters. The lowest BCUT2D eigenvalue weighted by molar-refractivity contribution is 0.371. The molecule has 1 aromatic carbocycles. The van der Waals surface area contributed by atoms with Crippen LogP contribution in [-0.2, 0) is 6.54 Å². The minimum atomic E-state index is 0.218. The molecular weight excluding hydrogens is 290 g/mol. The predicted molar refractivity (Wildman–Crippen MR) is 95.7 cm³/mol. The van der Waals surface area contributed by atoms with E-state index in [0.29, 0.717) is 5.92 Å². The van der Waals surface area contributed by atoms with Gasteiger partial charge in [0.2, 0.25) is 0 Å². The molecule has 1 aliphatic rings. The third-order valence-electron chi connectivity index (χ3n) is 4.95. The van der Waals surface area contributed by atoms with Gasteiger partial charge in [-0.3, -0.25) is 8.75 Å². The lowest BCUT2D eigenvalue weighted by Crippen LogP contribution is -2.19. The fourth-order valence-electron chi connectivity index (χ4n) is 3.63. The average molecular weight is 317 g/mol. The van der Waals surface area contributed by atoms with Crippen molar-refractivity contribution in [3.63, 3.8) is 0 Å². The van der Waals surface area contributed by atoms with E-state index in [-0.39, 0.29) is 5.56 Å². The zero-order valence-corrected chi connectivity index (χ0v) is 14.2. The van der Waals surface area contributed by atoms with Crippen LogP contribution < -0.4 is 5.56 Å². The Bertz CT molecular complexity index is 630. The van der Waals surface area contributed by atoms with E-state index < -0.39 is 0 Å². The van der Waals surface area contributed by atoms with Crippen molar-refractivity contribution in [3.8, 4) is 0 Å². The Hall–Kier alpha value is -1.09. The van der Waals surface area contributed by atoms with Gasteiger partial charge in [0.1, 0.15) is 0 Å². The van der Waals surface area contributed by atoms with Crippen molar-refractivity contribution < 1.29 is 0 Å². The molecule has 1 saturated carbocycles. The number of hydrogen-bond acceptors (Lipinski definition) is 2. The molecule has 2 nitrogen and oxygen atoms in total. The predicted octanol–water partition coefficient (Wildman–Crippen LogP) is 5.59. The summed E-state index contributed by atoms with van der Waals surface area (Å²) in [6.45, 7) is 0.929. The van der Waals surface area contributed by atoms with Crippen molar-refractivity contribution in [3.05, 3.63) is 34.6 Å². The monoisotopic (exact) mass is 317 g/mol. The molecule has 22 heavy (non-hydrogen) atoms. The van der Waals surface area contributed by atoms with Crippen molar-refractivity contribution in [1.29, 1.82) is 0 Å². The van der Waals surface area contributed by atoms with Gasteiger partial charge in [0.25, 0.3) is 5.56 Å². The molecule has 1 aromatic heterocycles. The van der Waals surface area contributed by atoms with E-state index in [1.54, 1.807) is 11.5 Å². The maximum atomic E-state index is 12.5. The quantitative estimate of drug-likeness (QED) is 0.707. The zero-order chi connectivity index (χ0) is 15.2. The Kier molecular flexibility index (Phi) is 5.71. The highest BCUT2D eigenvalue weighted by molar-refractivity contribution is 7.13. The van der Waals surface area contributed by atoms with Crippen LogP contribution in [0.4, 0.5) is 0 Å². The standard InChI is InChI=1S/C19H27NOS/c21-19-17-13-9-10-14-18(17)22-20(19)15-16-11-7-5-3-1-2-4-6-8-12-16/h9-10,13-14,16H,1-8,11-12,15H2. The summed E-state index contributed by atoms with van der Waals surface area (Å²) in [5, 5.41) is 0.893. The number of aromatic nitrogens is 1. The molecular formula is C19H27NOS. The minimum absolute atomic E-state index is 0.218. The van der Waals surface area contributed by atoms with E-state index in [2.05, 4.69) is 6.07 Å². The first-order valence-corrected chi connectivity index (χ1v) is 9.71. The number of fused-ring (bicyclic) bond motifs is 1. The fraction of sp³-hybridized carbons (Fsp3) is 0.632. The Balaban J connectivity index is 1.70. The van der Waals surface area contributed by atoms with E-state index in [1.165, 1.54) is 64.2 Å². The highest BCUT2D eigenvalue weighted by atomic mass is 32.1. The molecule has 0 amide bonds. The molecule has 0 saturated heterocycles. The number of hydrogen-bond donors (Lipinski definition) is 0. The summed E-state index contributed by atoms with van der Waals surface area (Å²) in [6, 6.07) is 8.01. The van der Waals surface area contributed by atoms with E-state index >= 15 is 0 Å². The highest BCUT2D eigenvalue weighted by Crippen LogP contribution is 2.24. The minimum Gasteiger partial charge on any atom is -0.268 e. The first-order chi connectivity index (χ1) is 10.8. The van der Waals surface area contributed by atoms with Crippen LogP contribution >= 0.6 is 11.5 Å². The second kappa shape index (κ2) is 7.96. The third-order valence-corrected chi connectivity index (χ3v) is 6.04. The van der Waals surface area contributed by atoms with Gasteiger partial charge in [0.05, 0.1) is 10.1 Å². The molecule has 0 spiro atoms. The SMILES string of the molecule is O=c1c2ccccc2sn1CC1CCCCCCCCCC1. The molecule has 120 valence electrons. The van der Waals surface area contributed by atoms with Crippen LogP contribution in [0.1, 0.15) is 64.2 Å². The summed E-state index contributed by atoms with van der Waals surface area (Å²) in [6.07, 6.45) is 13.6. The summed E-state index contributed by atoms with van der Waals surface area (Å²) < 4.78 is 3.14. The van der Waals surface area contributed by atoms with E-state index in [4.69, 9.17) is 0 Å². The van der Waals surface area contributed by atoms with Crippen LogP contribution in [-0.4, -0.2) is 3.96 Å². The summed E-state index contributed by atoms with van der Waals surface area (Å²) in [7, 11) is 0. The molecule has 3 rings (SSSR count).